The average molecular weight is 498 g/mol. The molecule has 37 heavy (non-hydrogen) atoms. The zero-order chi connectivity index (χ0) is 25.6. The average Bonchev–Trinajstić information content (AvgIpc) is 2.95. The van der Waals surface area contributed by atoms with Gasteiger partial charge in [0.15, 0.2) is 6.30 Å². The number of nitrogens with one attached hydrogen (secondary N) is 3. The van der Waals surface area contributed by atoms with Gasteiger partial charge in [-0.05, 0) is 55.0 Å². The summed E-state index contributed by atoms with van der Waals surface area (Å²) in [7, 11) is 0. The minimum Gasteiger partial charge on any atom is -0.324 e. The van der Waals surface area contributed by atoms with Crippen molar-refractivity contribution in [2.45, 2.75) is 13.2 Å². The first-order chi connectivity index (χ1) is 18.1. The second-order valence-electron chi connectivity index (χ2n) is 8.86. The summed E-state index contributed by atoms with van der Waals surface area (Å²) in [4.78, 5) is 27.7. The van der Waals surface area contributed by atoms with E-state index in [2.05, 4.69) is 30.9 Å². The molecule has 0 aliphatic carbocycles. The van der Waals surface area contributed by atoms with Gasteiger partial charge in [-0.3, -0.25) is 14.7 Å². The van der Waals surface area contributed by atoms with Crippen LogP contribution in [-0.2, 0) is 0 Å². The highest BCUT2D eigenvalue weighted by atomic mass is 19.1. The second-order valence-corrected chi connectivity index (χ2v) is 8.86. The van der Waals surface area contributed by atoms with E-state index in [4.69, 9.17) is 0 Å². The summed E-state index contributed by atoms with van der Waals surface area (Å²) in [5.41, 5.74) is 5.02. The topological polar surface area (TPSA) is 95.1 Å². The van der Waals surface area contributed by atoms with Gasteiger partial charge in [-0.2, -0.15) is 0 Å². The summed E-state index contributed by atoms with van der Waals surface area (Å²) < 4.78 is 14.9. The fourth-order valence-corrected chi connectivity index (χ4v) is 4.17. The van der Waals surface area contributed by atoms with Gasteiger partial charge in [0.25, 0.3) is 5.91 Å². The summed E-state index contributed by atoms with van der Waals surface area (Å²) in [6.45, 7) is 4.83. The van der Waals surface area contributed by atoms with Crippen LogP contribution < -0.4 is 16.0 Å². The molecule has 3 N–H and O–H groups in total. The lowest BCUT2D eigenvalue weighted by molar-refractivity contribution is 0.0699. The van der Waals surface area contributed by atoms with Gasteiger partial charge in [0.2, 0.25) is 5.95 Å². The lowest BCUT2D eigenvalue weighted by Crippen LogP contribution is -2.44. The number of nitrogens with zero attached hydrogens (tertiary/aromatic N) is 4. The smallest absolute Gasteiger partial charge is 0.255 e. The van der Waals surface area contributed by atoms with Crippen molar-refractivity contribution in [3.63, 3.8) is 0 Å². The van der Waals surface area contributed by atoms with E-state index in [1.165, 1.54) is 0 Å². The van der Waals surface area contributed by atoms with E-state index < -0.39 is 6.30 Å². The molecule has 1 atom stereocenters. The fourth-order valence-electron chi connectivity index (χ4n) is 4.17. The van der Waals surface area contributed by atoms with Gasteiger partial charge in [-0.1, -0.05) is 18.2 Å². The van der Waals surface area contributed by atoms with Crippen molar-refractivity contribution in [3.8, 4) is 11.3 Å². The van der Waals surface area contributed by atoms with Crippen molar-refractivity contribution in [2.24, 2.45) is 0 Å². The highest BCUT2D eigenvalue weighted by molar-refractivity contribution is 6.04. The monoisotopic (exact) mass is 497 g/mol. The molecule has 1 aliphatic heterocycles. The first-order valence-electron chi connectivity index (χ1n) is 12.2. The molecule has 0 bridgehead atoms. The summed E-state index contributed by atoms with van der Waals surface area (Å²) in [6, 6.07) is 17.9. The highest BCUT2D eigenvalue weighted by Crippen LogP contribution is 2.26. The number of benzene rings is 2. The molecule has 0 radical (unpaired) electrons. The summed E-state index contributed by atoms with van der Waals surface area (Å²) >= 11 is 0. The zero-order valence-corrected chi connectivity index (χ0v) is 20.5. The lowest BCUT2D eigenvalue weighted by Gasteiger charge is -2.30. The Morgan fingerprint density at radius 1 is 1.05 bits per heavy atom. The van der Waals surface area contributed by atoms with Crippen LogP contribution in [0.4, 0.5) is 21.7 Å². The third-order valence-corrected chi connectivity index (χ3v) is 6.27. The predicted octanol–water partition coefficient (Wildman–Crippen LogP) is 4.72. The molecule has 0 spiro atoms. The van der Waals surface area contributed by atoms with E-state index in [0.29, 0.717) is 35.9 Å². The fraction of sp³-hybridized carbons (Fsp3) is 0.214. The molecule has 1 saturated heterocycles. The number of halogens is 1. The van der Waals surface area contributed by atoms with E-state index in [9.17, 15) is 9.18 Å². The summed E-state index contributed by atoms with van der Waals surface area (Å²) in [5.74, 6) is 0.169. The molecule has 1 amide bonds. The number of carbonyl (C=O) groups excluding carboxylic acids is 1. The van der Waals surface area contributed by atoms with Crippen LogP contribution in [-0.4, -0.2) is 51.9 Å². The first-order valence-corrected chi connectivity index (χ1v) is 12.2. The Hall–Kier alpha value is -4.21. The number of carbonyl (C=O) groups is 1. The zero-order valence-electron chi connectivity index (χ0n) is 20.5. The van der Waals surface area contributed by atoms with Crippen LogP contribution in [0.25, 0.3) is 11.3 Å². The number of piperazine rings is 1. The van der Waals surface area contributed by atoms with Gasteiger partial charge in [0, 0.05) is 72.8 Å². The Bertz CT molecular complexity index is 1360. The quantitative estimate of drug-likeness (QED) is 0.318. The van der Waals surface area contributed by atoms with E-state index in [0.717, 1.165) is 35.6 Å². The summed E-state index contributed by atoms with van der Waals surface area (Å²) in [6.07, 6.45) is 3.97. The molecule has 5 rings (SSSR count). The Morgan fingerprint density at radius 3 is 2.62 bits per heavy atom. The Labute approximate surface area is 215 Å². The number of aryl methyl sites for hydroxylation is 1. The molecule has 2 aromatic carbocycles. The molecule has 4 aromatic rings. The number of alkyl halides is 1. The second kappa shape index (κ2) is 11.2. The predicted molar refractivity (Wildman–Crippen MR) is 142 cm³/mol. The van der Waals surface area contributed by atoms with Gasteiger partial charge >= 0.3 is 0 Å². The lowest BCUT2D eigenvalue weighted by atomic mass is 10.1. The van der Waals surface area contributed by atoms with Crippen LogP contribution in [0.2, 0.25) is 0 Å². The van der Waals surface area contributed by atoms with E-state index in [1.807, 2.05) is 43.3 Å². The Kier molecular flexibility index (Phi) is 7.43. The molecule has 1 fully saturated rings. The van der Waals surface area contributed by atoms with Crippen molar-refractivity contribution in [2.75, 3.05) is 36.8 Å². The standard InChI is InChI=1S/C28H28FN7O/c1-19-4-9-23(17-25(19)35-28-32-12-10-24(34-28)22-3-2-11-31-18-22)33-27(37)21-7-5-20(6-8-21)26(29)36-15-13-30-14-16-36/h2-12,17-18,26,30H,13-16H2,1H3,(H,33,37)(H,32,34,35). The number of hydrogen-bond donors (Lipinski definition) is 3. The number of rotatable bonds is 7. The molecular weight excluding hydrogens is 469 g/mol. The van der Waals surface area contributed by atoms with Gasteiger partial charge < -0.3 is 16.0 Å². The number of hydrogen-bond acceptors (Lipinski definition) is 7. The molecule has 2 aromatic heterocycles. The molecule has 9 heteroatoms. The largest absolute Gasteiger partial charge is 0.324 e. The van der Waals surface area contributed by atoms with Crippen molar-refractivity contribution in [1.29, 1.82) is 0 Å². The van der Waals surface area contributed by atoms with Crippen LogP contribution in [0.3, 0.4) is 0 Å². The number of aromatic nitrogens is 3. The highest BCUT2D eigenvalue weighted by Gasteiger charge is 2.21. The van der Waals surface area contributed by atoms with Crippen LogP contribution in [0.1, 0.15) is 27.8 Å². The Balaban J connectivity index is 1.26. The van der Waals surface area contributed by atoms with E-state index >= 15 is 0 Å². The maximum atomic E-state index is 14.9. The van der Waals surface area contributed by atoms with E-state index in [-0.39, 0.29) is 5.91 Å². The van der Waals surface area contributed by atoms with Crippen molar-refractivity contribution in [1.82, 2.24) is 25.2 Å². The maximum absolute atomic E-state index is 14.9. The summed E-state index contributed by atoms with van der Waals surface area (Å²) in [5, 5.41) is 9.39. The maximum Gasteiger partial charge on any atom is 0.255 e. The molecule has 8 nitrogen and oxygen atoms in total. The normalized spacial score (nSPS) is 14.6. The molecule has 1 unspecified atom stereocenters. The van der Waals surface area contributed by atoms with Crippen molar-refractivity contribution in [3.05, 3.63) is 95.9 Å². The van der Waals surface area contributed by atoms with Crippen LogP contribution in [0, 0.1) is 6.92 Å². The molecule has 0 saturated carbocycles. The molecule has 1 aliphatic rings. The van der Waals surface area contributed by atoms with Gasteiger partial charge in [-0.15, -0.1) is 0 Å². The van der Waals surface area contributed by atoms with Gasteiger partial charge in [-0.25, -0.2) is 14.4 Å². The van der Waals surface area contributed by atoms with Crippen molar-refractivity contribution >= 4 is 23.2 Å². The van der Waals surface area contributed by atoms with Gasteiger partial charge in [0.1, 0.15) is 0 Å². The van der Waals surface area contributed by atoms with Crippen LogP contribution in [0.15, 0.2) is 79.3 Å². The SMILES string of the molecule is Cc1ccc(NC(=O)c2ccc(C(F)N3CCNCC3)cc2)cc1Nc1nccc(-c2cccnc2)n1. The minimum absolute atomic E-state index is 0.270. The van der Waals surface area contributed by atoms with E-state index in [1.54, 1.807) is 47.8 Å². The van der Waals surface area contributed by atoms with Crippen molar-refractivity contribution < 1.29 is 9.18 Å². The first kappa shape index (κ1) is 24.5. The molecular formula is C28H28FN7O. The minimum atomic E-state index is -1.18. The van der Waals surface area contributed by atoms with Gasteiger partial charge in [0.05, 0.1) is 5.69 Å². The number of amides is 1. The number of pyridine rings is 1. The van der Waals surface area contributed by atoms with Crippen LogP contribution in [0.5, 0.6) is 0 Å². The number of anilines is 3. The Morgan fingerprint density at radius 2 is 1.86 bits per heavy atom. The molecule has 188 valence electrons. The molecule has 3 heterocycles. The van der Waals surface area contributed by atoms with Crippen LogP contribution >= 0.6 is 0 Å². The third kappa shape index (κ3) is 5.96. The third-order valence-electron chi connectivity index (χ3n) is 6.27.